The smallest absolute Gasteiger partial charge is 0.296 e. The minimum absolute atomic E-state index is 0.123. The highest BCUT2D eigenvalue weighted by Gasteiger charge is 2.27. The molecule has 210 valence electrons. The van der Waals surface area contributed by atoms with Crippen LogP contribution in [0.3, 0.4) is 0 Å². The van der Waals surface area contributed by atoms with Crippen LogP contribution in [0.4, 0.5) is 16.1 Å². The van der Waals surface area contributed by atoms with Crippen LogP contribution in [0.2, 0.25) is 0 Å². The summed E-state index contributed by atoms with van der Waals surface area (Å²) in [6.07, 6.45) is 6.58. The highest BCUT2D eigenvalue weighted by atomic mass is 19.1. The number of amides is 1. The predicted molar refractivity (Wildman–Crippen MR) is 156 cm³/mol. The molecule has 0 spiro atoms. The van der Waals surface area contributed by atoms with Gasteiger partial charge in [-0.3, -0.25) is 4.79 Å². The number of fused-ring (bicyclic) bond motifs is 1. The first-order valence-corrected chi connectivity index (χ1v) is 14.2. The van der Waals surface area contributed by atoms with Gasteiger partial charge < -0.3 is 25.1 Å². The minimum Gasteiger partial charge on any atom is -0.424 e. The molecule has 0 aliphatic heterocycles. The second-order valence-corrected chi connectivity index (χ2v) is 10.5. The molecule has 1 heterocycles. The maximum atomic E-state index is 13.8. The Morgan fingerprint density at radius 2 is 1.73 bits per heavy atom. The van der Waals surface area contributed by atoms with Crippen molar-refractivity contribution < 1.29 is 18.3 Å². The summed E-state index contributed by atoms with van der Waals surface area (Å²) in [5, 5.41) is 9.79. The number of hydrogen-bond acceptors (Lipinski definition) is 6. The Labute approximate surface area is 234 Å². The summed E-state index contributed by atoms with van der Waals surface area (Å²) in [5.74, 6) is 0.0472. The molecule has 4 aromatic rings. The molecule has 0 unspecified atom stereocenters. The van der Waals surface area contributed by atoms with Crippen molar-refractivity contribution in [1.29, 1.82) is 0 Å². The van der Waals surface area contributed by atoms with Crippen molar-refractivity contribution in [1.82, 2.24) is 10.3 Å². The number of anilines is 2. The molecule has 2 atom stereocenters. The Balaban J connectivity index is 1.27. The standard InChI is InChI=1S/C32H37FN4O3/c33-25-15-17-26(18-16-25)34-20-27(22-39-21-24-11-5-2-6-12-24)35-31(38)29(19-23-9-3-1-4-10-23)37-32-36-28-13-7-8-14-30(28)40-32/h2,5-8,11-18,23,27,29,34H,1,3-4,9-10,19-22H2,(H,35,38)(H,36,37)/t27-,29+/m1/s1. The first kappa shape index (κ1) is 27.6. The zero-order chi connectivity index (χ0) is 27.6. The lowest BCUT2D eigenvalue weighted by atomic mass is 9.84. The molecule has 40 heavy (non-hydrogen) atoms. The summed E-state index contributed by atoms with van der Waals surface area (Å²) < 4.78 is 25.3. The van der Waals surface area contributed by atoms with E-state index in [1.165, 1.54) is 31.4 Å². The van der Waals surface area contributed by atoms with Gasteiger partial charge in [0, 0.05) is 12.2 Å². The number of oxazole rings is 1. The van der Waals surface area contributed by atoms with Crippen LogP contribution in [0.15, 0.2) is 83.3 Å². The van der Waals surface area contributed by atoms with Crippen molar-refractivity contribution >= 4 is 28.7 Å². The number of hydrogen-bond donors (Lipinski definition) is 3. The molecule has 8 heteroatoms. The van der Waals surface area contributed by atoms with Crippen molar-refractivity contribution in [3.8, 4) is 0 Å². The van der Waals surface area contributed by atoms with E-state index >= 15 is 0 Å². The number of rotatable bonds is 13. The van der Waals surface area contributed by atoms with Crippen LogP contribution in [0.1, 0.15) is 44.1 Å². The Hall–Kier alpha value is -3.91. The number of nitrogens with one attached hydrogen (secondary N) is 3. The minimum atomic E-state index is -0.501. The number of benzene rings is 3. The van der Waals surface area contributed by atoms with Crippen molar-refractivity contribution in [2.75, 3.05) is 23.8 Å². The number of para-hydroxylation sites is 2. The molecule has 0 saturated heterocycles. The molecule has 1 aliphatic rings. The van der Waals surface area contributed by atoms with Crippen LogP contribution in [0.5, 0.6) is 0 Å². The number of carbonyl (C=O) groups excluding carboxylic acids is 1. The SMILES string of the molecule is O=C(N[C@H](CNc1ccc(F)cc1)COCc1ccccc1)[C@H](CC1CCCCC1)Nc1nc2ccccc2o1. The lowest BCUT2D eigenvalue weighted by Gasteiger charge is -2.28. The van der Waals surface area contributed by atoms with Crippen LogP contribution < -0.4 is 16.0 Å². The third-order valence-electron chi connectivity index (χ3n) is 7.38. The van der Waals surface area contributed by atoms with E-state index in [9.17, 15) is 9.18 Å². The van der Waals surface area contributed by atoms with E-state index < -0.39 is 6.04 Å². The van der Waals surface area contributed by atoms with Gasteiger partial charge in [-0.15, -0.1) is 0 Å². The second-order valence-electron chi connectivity index (χ2n) is 10.5. The Kier molecular flexibility index (Phi) is 9.63. The lowest BCUT2D eigenvalue weighted by Crippen LogP contribution is -2.49. The number of aromatic nitrogens is 1. The van der Waals surface area contributed by atoms with Crippen molar-refractivity contribution in [3.05, 3.63) is 90.2 Å². The van der Waals surface area contributed by atoms with Gasteiger partial charge in [-0.25, -0.2) is 4.39 Å². The third kappa shape index (κ3) is 8.05. The first-order chi connectivity index (χ1) is 19.6. The number of halogens is 1. The van der Waals surface area contributed by atoms with Gasteiger partial charge in [0.25, 0.3) is 6.01 Å². The summed E-state index contributed by atoms with van der Waals surface area (Å²) >= 11 is 0. The monoisotopic (exact) mass is 544 g/mol. The van der Waals surface area contributed by atoms with Crippen LogP contribution in [-0.4, -0.2) is 36.1 Å². The summed E-state index contributed by atoms with van der Waals surface area (Å²) in [6, 6.07) is 23.2. The summed E-state index contributed by atoms with van der Waals surface area (Å²) in [4.78, 5) is 18.3. The third-order valence-corrected chi connectivity index (χ3v) is 7.38. The predicted octanol–water partition coefficient (Wildman–Crippen LogP) is 6.53. The van der Waals surface area contributed by atoms with Gasteiger partial charge in [0.05, 0.1) is 19.3 Å². The van der Waals surface area contributed by atoms with Gasteiger partial charge in [-0.2, -0.15) is 4.98 Å². The van der Waals surface area contributed by atoms with Crippen LogP contribution >= 0.6 is 0 Å². The molecular formula is C32H37FN4O3. The number of ether oxygens (including phenoxy) is 1. The lowest BCUT2D eigenvalue weighted by molar-refractivity contribution is -0.123. The molecule has 1 amide bonds. The molecule has 1 saturated carbocycles. The first-order valence-electron chi connectivity index (χ1n) is 14.2. The number of carbonyl (C=O) groups is 1. The van der Waals surface area contributed by atoms with Gasteiger partial charge in [-0.05, 0) is 54.3 Å². The van der Waals surface area contributed by atoms with Crippen molar-refractivity contribution in [2.24, 2.45) is 5.92 Å². The largest absolute Gasteiger partial charge is 0.424 e. The van der Waals surface area contributed by atoms with Gasteiger partial charge in [0.15, 0.2) is 5.58 Å². The van der Waals surface area contributed by atoms with E-state index in [0.29, 0.717) is 43.7 Å². The summed E-state index contributed by atoms with van der Waals surface area (Å²) in [6.45, 7) is 1.18. The Bertz CT molecular complexity index is 1310. The van der Waals surface area contributed by atoms with Crippen LogP contribution in [0.25, 0.3) is 11.1 Å². The van der Waals surface area contributed by atoms with E-state index in [4.69, 9.17) is 9.15 Å². The molecule has 3 N–H and O–H groups in total. The fourth-order valence-corrected chi connectivity index (χ4v) is 5.23. The molecule has 1 fully saturated rings. The molecule has 7 nitrogen and oxygen atoms in total. The number of nitrogens with zero attached hydrogens (tertiary/aromatic N) is 1. The quantitative estimate of drug-likeness (QED) is 0.177. The zero-order valence-corrected chi connectivity index (χ0v) is 22.7. The average molecular weight is 545 g/mol. The maximum absolute atomic E-state index is 13.8. The zero-order valence-electron chi connectivity index (χ0n) is 22.7. The van der Waals surface area contributed by atoms with Gasteiger partial charge in [-0.1, -0.05) is 74.6 Å². The van der Waals surface area contributed by atoms with E-state index in [0.717, 1.165) is 29.6 Å². The van der Waals surface area contributed by atoms with Gasteiger partial charge in [0.1, 0.15) is 17.4 Å². The fourth-order valence-electron chi connectivity index (χ4n) is 5.23. The highest BCUT2D eigenvalue weighted by molar-refractivity contribution is 5.85. The van der Waals surface area contributed by atoms with E-state index in [-0.39, 0.29) is 17.8 Å². The summed E-state index contributed by atoms with van der Waals surface area (Å²) in [5.41, 5.74) is 3.26. The highest BCUT2D eigenvalue weighted by Crippen LogP contribution is 2.29. The van der Waals surface area contributed by atoms with Crippen LogP contribution in [0, 0.1) is 11.7 Å². The fraction of sp³-hybridized carbons (Fsp3) is 0.375. The molecule has 1 aliphatic carbocycles. The van der Waals surface area contributed by atoms with Gasteiger partial charge in [0.2, 0.25) is 5.91 Å². The molecule has 0 bridgehead atoms. The van der Waals surface area contributed by atoms with E-state index in [1.54, 1.807) is 12.1 Å². The average Bonchev–Trinajstić information content (AvgIpc) is 3.40. The Morgan fingerprint density at radius 3 is 2.50 bits per heavy atom. The van der Waals surface area contributed by atoms with E-state index in [2.05, 4.69) is 20.9 Å². The van der Waals surface area contributed by atoms with E-state index in [1.807, 2.05) is 54.6 Å². The molecular weight excluding hydrogens is 507 g/mol. The topological polar surface area (TPSA) is 88.4 Å². The molecule has 5 rings (SSSR count). The molecule has 3 aromatic carbocycles. The van der Waals surface area contributed by atoms with Crippen molar-refractivity contribution in [3.63, 3.8) is 0 Å². The second kappa shape index (κ2) is 13.9. The van der Waals surface area contributed by atoms with Crippen molar-refractivity contribution in [2.45, 2.75) is 57.2 Å². The van der Waals surface area contributed by atoms with Gasteiger partial charge >= 0.3 is 0 Å². The summed E-state index contributed by atoms with van der Waals surface area (Å²) in [7, 11) is 0. The molecule has 1 aromatic heterocycles. The Morgan fingerprint density at radius 1 is 0.975 bits per heavy atom. The van der Waals surface area contributed by atoms with Crippen LogP contribution in [-0.2, 0) is 16.1 Å². The normalized spacial score (nSPS) is 15.4. The molecule has 0 radical (unpaired) electrons. The maximum Gasteiger partial charge on any atom is 0.296 e.